The predicted octanol–water partition coefficient (Wildman–Crippen LogP) is 5.01. The fourth-order valence-corrected chi connectivity index (χ4v) is 4.42. The molecule has 0 N–H and O–H groups in total. The first-order valence-electron chi connectivity index (χ1n) is 12.3. The summed E-state index contributed by atoms with van der Waals surface area (Å²) in [6.45, 7) is 3.11. The van der Waals surface area contributed by atoms with Crippen LogP contribution in [-0.4, -0.2) is 49.1 Å². The van der Waals surface area contributed by atoms with E-state index in [-0.39, 0.29) is 23.7 Å². The summed E-state index contributed by atoms with van der Waals surface area (Å²) in [5.41, 5.74) is 0.988. The second-order valence-electron chi connectivity index (χ2n) is 9.47. The number of nitriles is 1. The van der Waals surface area contributed by atoms with Gasteiger partial charge in [0.1, 0.15) is 31.5 Å². The van der Waals surface area contributed by atoms with Crippen molar-refractivity contribution in [2.24, 2.45) is 0 Å². The molecule has 1 aromatic heterocycles. The molecule has 0 amide bonds. The van der Waals surface area contributed by atoms with Crippen LogP contribution in [0.1, 0.15) is 25.0 Å². The third kappa shape index (κ3) is 5.68. The molecule has 12 heteroatoms. The van der Waals surface area contributed by atoms with Gasteiger partial charge in [-0.15, -0.1) is 0 Å². The van der Waals surface area contributed by atoms with E-state index in [4.69, 9.17) is 33.2 Å². The van der Waals surface area contributed by atoms with Crippen LogP contribution in [0.4, 0.5) is 13.2 Å². The van der Waals surface area contributed by atoms with E-state index in [9.17, 15) is 14.0 Å². The molecule has 2 aromatic carbocycles. The van der Waals surface area contributed by atoms with Gasteiger partial charge in [0.25, 0.3) is 11.8 Å². The topological polar surface area (TPSA) is 101 Å². The minimum atomic E-state index is -1.66. The summed E-state index contributed by atoms with van der Waals surface area (Å²) in [5.74, 6) is -7.66. The van der Waals surface area contributed by atoms with Crippen molar-refractivity contribution in [3.8, 4) is 29.2 Å². The lowest BCUT2D eigenvalue weighted by Crippen LogP contribution is -2.34. The van der Waals surface area contributed by atoms with Gasteiger partial charge in [0, 0.05) is 13.2 Å². The number of aromatic nitrogens is 1. The van der Waals surface area contributed by atoms with Crippen molar-refractivity contribution in [3.05, 3.63) is 77.2 Å². The molecule has 0 spiro atoms. The molecule has 40 heavy (non-hydrogen) atoms. The minimum Gasteiger partial charge on any atom is -0.485 e. The van der Waals surface area contributed by atoms with E-state index in [1.54, 1.807) is 13.8 Å². The molecule has 4 unspecified atom stereocenters. The van der Waals surface area contributed by atoms with Gasteiger partial charge in [-0.2, -0.15) is 23.4 Å². The molecule has 0 radical (unpaired) electrons. The molecule has 9 nitrogen and oxygen atoms in total. The highest BCUT2D eigenvalue weighted by Crippen LogP contribution is 2.40. The Hall–Kier alpha value is -3.89. The zero-order valence-corrected chi connectivity index (χ0v) is 21.7. The van der Waals surface area contributed by atoms with Gasteiger partial charge in [-0.1, -0.05) is 30.3 Å². The molecule has 2 fully saturated rings. The monoisotopic (exact) mass is 558 g/mol. The van der Waals surface area contributed by atoms with Crippen LogP contribution in [0.5, 0.6) is 23.1 Å². The van der Waals surface area contributed by atoms with Crippen molar-refractivity contribution < 1.29 is 46.3 Å². The second-order valence-corrected chi connectivity index (χ2v) is 9.47. The Bertz CT molecular complexity index is 1420. The van der Waals surface area contributed by atoms with Crippen molar-refractivity contribution in [1.82, 2.24) is 4.98 Å². The maximum Gasteiger partial charge on any atom is 0.262 e. The number of methoxy groups -OCH3 is 1. The molecule has 2 aliphatic heterocycles. The highest BCUT2D eigenvalue weighted by atomic mass is 19.2. The third-order valence-electron chi connectivity index (χ3n) is 6.22. The normalized spacial score (nSPS) is 22.9. The summed E-state index contributed by atoms with van der Waals surface area (Å²) < 4.78 is 83.8. The molecular weight excluding hydrogens is 533 g/mol. The molecule has 0 saturated carbocycles. The first kappa shape index (κ1) is 27.7. The minimum absolute atomic E-state index is 0.119. The zero-order valence-electron chi connectivity index (χ0n) is 21.7. The smallest absolute Gasteiger partial charge is 0.262 e. The van der Waals surface area contributed by atoms with Gasteiger partial charge in [-0.05, 0) is 31.5 Å². The first-order valence-corrected chi connectivity index (χ1v) is 12.3. The number of rotatable bonds is 9. The quantitative estimate of drug-likeness (QED) is 0.336. The average molecular weight is 559 g/mol. The Kier molecular flexibility index (Phi) is 7.82. The zero-order chi connectivity index (χ0) is 28.4. The van der Waals surface area contributed by atoms with Crippen LogP contribution >= 0.6 is 0 Å². The molecule has 3 heterocycles. The third-order valence-corrected chi connectivity index (χ3v) is 6.22. The summed E-state index contributed by atoms with van der Waals surface area (Å²) >= 11 is 0. The number of ether oxygens (including phenoxy) is 7. The van der Waals surface area contributed by atoms with Crippen LogP contribution in [-0.2, 0) is 25.6 Å². The molecule has 2 aliphatic rings. The van der Waals surface area contributed by atoms with Crippen LogP contribution in [0.3, 0.4) is 0 Å². The summed E-state index contributed by atoms with van der Waals surface area (Å²) in [5, 5.41) is 9.31. The summed E-state index contributed by atoms with van der Waals surface area (Å²) in [6, 6.07) is 15.3. The van der Waals surface area contributed by atoms with Crippen LogP contribution in [0, 0.1) is 28.9 Å². The molecule has 3 aromatic rings. The largest absolute Gasteiger partial charge is 0.485 e. The van der Waals surface area contributed by atoms with Crippen molar-refractivity contribution in [1.29, 1.82) is 5.26 Å². The van der Waals surface area contributed by atoms with E-state index in [1.165, 1.54) is 25.3 Å². The Morgan fingerprint density at radius 3 is 2.45 bits per heavy atom. The van der Waals surface area contributed by atoms with E-state index < -0.39 is 66.2 Å². The fraction of sp³-hybridized carbons (Fsp3) is 0.357. The number of halogens is 3. The highest BCUT2D eigenvalue weighted by molar-refractivity contribution is 5.49. The van der Waals surface area contributed by atoms with Crippen molar-refractivity contribution in [2.75, 3.05) is 13.7 Å². The first-order chi connectivity index (χ1) is 19.2. The maximum atomic E-state index is 15.4. The molecule has 0 bridgehead atoms. The summed E-state index contributed by atoms with van der Waals surface area (Å²) in [6.07, 6.45) is -2.91. The van der Waals surface area contributed by atoms with Crippen LogP contribution in [0.15, 0.2) is 48.5 Å². The molecule has 210 valence electrons. The van der Waals surface area contributed by atoms with Crippen LogP contribution in [0.25, 0.3) is 0 Å². The number of benzene rings is 2. The number of pyridine rings is 1. The lowest BCUT2D eigenvalue weighted by atomic mass is 10.1. The SMILES string of the molecule is COC1OC(COc2c(F)c(F)nc(Oc3cc(C#N)ccc3OCc3ccccc3)c2F)C2OC(C)(C)OC12. The number of hydrogen-bond donors (Lipinski definition) is 0. The van der Waals surface area contributed by atoms with Gasteiger partial charge in [-0.25, -0.2) is 0 Å². The molecule has 2 saturated heterocycles. The lowest BCUT2D eigenvalue weighted by molar-refractivity contribution is -0.229. The van der Waals surface area contributed by atoms with Crippen LogP contribution in [0.2, 0.25) is 0 Å². The van der Waals surface area contributed by atoms with Crippen LogP contribution < -0.4 is 14.2 Å². The Morgan fingerprint density at radius 2 is 1.73 bits per heavy atom. The van der Waals surface area contributed by atoms with Gasteiger partial charge >= 0.3 is 0 Å². The number of fused-ring (bicyclic) bond motifs is 1. The molecule has 4 atom stereocenters. The average Bonchev–Trinajstić information content (AvgIpc) is 3.43. The van der Waals surface area contributed by atoms with Crippen molar-refractivity contribution in [2.45, 2.75) is 50.8 Å². The predicted molar refractivity (Wildman–Crippen MR) is 131 cm³/mol. The second kappa shape index (κ2) is 11.3. The Morgan fingerprint density at radius 1 is 0.975 bits per heavy atom. The van der Waals surface area contributed by atoms with Gasteiger partial charge in [0.05, 0.1) is 11.6 Å². The maximum absolute atomic E-state index is 15.4. The summed E-state index contributed by atoms with van der Waals surface area (Å²) in [7, 11) is 1.42. The van der Waals surface area contributed by atoms with Gasteiger partial charge in [0.15, 0.2) is 23.6 Å². The highest BCUT2D eigenvalue weighted by Gasteiger charge is 2.55. The van der Waals surface area contributed by atoms with E-state index in [2.05, 4.69) is 4.98 Å². The number of hydrogen-bond acceptors (Lipinski definition) is 9. The van der Waals surface area contributed by atoms with Crippen molar-refractivity contribution in [3.63, 3.8) is 0 Å². The van der Waals surface area contributed by atoms with E-state index in [0.29, 0.717) is 0 Å². The van der Waals surface area contributed by atoms with Gasteiger partial charge in [-0.3, -0.25) is 0 Å². The molecule has 0 aliphatic carbocycles. The van der Waals surface area contributed by atoms with Crippen molar-refractivity contribution >= 4 is 0 Å². The Balaban J connectivity index is 1.37. The standard InChI is InChI=1S/C28H25F3N2O7/c1-28(2)39-22-19(38-27(34-3)24(22)40-28)14-36-23-20(29)25(31)33-26(21(23)30)37-18-11-16(12-32)9-10-17(18)35-13-15-7-5-4-6-8-15/h4-11,19,22,24,27H,13-14H2,1-3H3. The molecular formula is C28H25F3N2O7. The lowest BCUT2D eigenvalue weighted by Gasteiger charge is -2.23. The summed E-state index contributed by atoms with van der Waals surface area (Å²) in [4.78, 5) is 3.27. The van der Waals surface area contributed by atoms with E-state index in [1.807, 2.05) is 36.4 Å². The molecule has 5 rings (SSSR count). The van der Waals surface area contributed by atoms with Gasteiger partial charge in [0.2, 0.25) is 17.4 Å². The van der Waals surface area contributed by atoms with E-state index in [0.717, 1.165) is 5.56 Å². The number of nitrogens with zero attached hydrogens (tertiary/aromatic N) is 2. The van der Waals surface area contributed by atoms with E-state index >= 15 is 4.39 Å². The Labute approximate surface area is 227 Å². The van der Waals surface area contributed by atoms with Gasteiger partial charge < -0.3 is 33.2 Å². The fourth-order valence-electron chi connectivity index (χ4n) is 4.42.